The Balaban J connectivity index is 1.74. The van der Waals surface area contributed by atoms with Crippen LogP contribution in [0.25, 0.3) is 21.5 Å². The SMILES string of the molecule is CCC1CCN(Cc2c3ccccc3cc3ccccc23)CC1O. The molecule has 124 valence electrons. The van der Waals surface area contributed by atoms with Crippen molar-refractivity contribution < 1.29 is 5.11 Å². The van der Waals surface area contributed by atoms with Gasteiger partial charge in [-0.2, -0.15) is 0 Å². The molecule has 0 spiro atoms. The molecule has 1 aliphatic rings. The Kier molecular flexibility index (Phi) is 4.26. The number of benzene rings is 3. The van der Waals surface area contributed by atoms with Gasteiger partial charge in [-0.3, -0.25) is 4.90 Å². The summed E-state index contributed by atoms with van der Waals surface area (Å²) in [5, 5.41) is 15.7. The van der Waals surface area contributed by atoms with Gasteiger partial charge in [-0.25, -0.2) is 0 Å². The first-order chi connectivity index (χ1) is 11.8. The second-order valence-corrected chi connectivity index (χ2v) is 7.06. The maximum Gasteiger partial charge on any atom is 0.0695 e. The molecule has 0 amide bonds. The quantitative estimate of drug-likeness (QED) is 0.714. The van der Waals surface area contributed by atoms with E-state index in [-0.39, 0.29) is 6.10 Å². The zero-order valence-electron chi connectivity index (χ0n) is 14.3. The summed E-state index contributed by atoms with van der Waals surface area (Å²) in [5.41, 5.74) is 1.39. The number of aliphatic hydroxyl groups excluding tert-OH is 1. The molecule has 0 radical (unpaired) electrons. The molecule has 2 unspecified atom stereocenters. The molecule has 2 atom stereocenters. The van der Waals surface area contributed by atoms with Gasteiger partial charge in [-0.1, -0.05) is 61.9 Å². The first-order valence-electron chi connectivity index (χ1n) is 9.06. The van der Waals surface area contributed by atoms with Crippen molar-refractivity contribution in [1.82, 2.24) is 4.90 Å². The van der Waals surface area contributed by atoms with Gasteiger partial charge in [-0.15, -0.1) is 0 Å². The van der Waals surface area contributed by atoms with E-state index in [2.05, 4.69) is 66.4 Å². The predicted molar refractivity (Wildman–Crippen MR) is 101 cm³/mol. The van der Waals surface area contributed by atoms with Crippen LogP contribution in [0.5, 0.6) is 0 Å². The number of rotatable bonds is 3. The second kappa shape index (κ2) is 6.54. The van der Waals surface area contributed by atoms with E-state index in [0.717, 1.165) is 32.5 Å². The van der Waals surface area contributed by atoms with Gasteiger partial charge in [0.25, 0.3) is 0 Å². The molecule has 1 saturated heterocycles. The Hall–Kier alpha value is -1.90. The van der Waals surface area contributed by atoms with E-state index in [0.29, 0.717) is 5.92 Å². The minimum Gasteiger partial charge on any atom is -0.392 e. The largest absolute Gasteiger partial charge is 0.392 e. The molecule has 1 heterocycles. The van der Waals surface area contributed by atoms with E-state index in [1.54, 1.807) is 0 Å². The smallest absolute Gasteiger partial charge is 0.0695 e. The monoisotopic (exact) mass is 319 g/mol. The second-order valence-electron chi connectivity index (χ2n) is 7.06. The topological polar surface area (TPSA) is 23.5 Å². The van der Waals surface area contributed by atoms with Crippen molar-refractivity contribution in [2.45, 2.75) is 32.4 Å². The minimum absolute atomic E-state index is 0.190. The number of likely N-dealkylation sites (tertiary alicyclic amines) is 1. The standard InChI is InChI=1S/C22H25NO/c1-2-16-11-12-23(15-22(16)24)14-21-19-9-5-3-7-17(19)13-18-8-4-6-10-20(18)21/h3-10,13,16,22,24H,2,11-12,14-15H2,1H3. The molecule has 1 aliphatic heterocycles. The molecule has 1 N–H and O–H groups in total. The summed E-state index contributed by atoms with van der Waals surface area (Å²) in [4.78, 5) is 2.42. The lowest BCUT2D eigenvalue weighted by Gasteiger charge is -2.36. The fourth-order valence-electron chi connectivity index (χ4n) is 4.17. The van der Waals surface area contributed by atoms with Gasteiger partial charge < -0.3 is 5.11 Å². The number of hydrogen-bond acceptors (Lipinski definition) is 2. The van der Waals surface area contributed by atoms with Crippen LogP contribution >= 0.6 is 0 Å². The summed E-state index contributed by atoms with van der Waals surface area (Å²) >= 11 is 0. The molecule has 0 aromatic heterocycles. The Bertz CT molecular complexity index is 803. The minimum atomic E-state index is -0.190. The van der Waals surface area contributed by atoms with E-state index in [9.17, 15) is 5.11 Å². The highest BCUT2D eigenvalue weighted by atomic mass is 16.3. The van der Waals surface area contributed by atoms with E-state index >= 15 is 0 Å². The van der Waals surface area contributed by atoms with E-state index in [4.69, 9.17) is 0 Å². The molecule has 3 aromatic rings. The molecule has 3 aromatic carbocycles. The Morgan fingerprint density at radius 1 is 1.00 bits per heavy atom. The molecule has 2 nitrogen and oxygen atoms in total. The molecular formula is C22H25NO. The Labute approximate surface area is 143 Å². The van der Waals surface area contributed by atoms with Crippen molar-refractivity contribution in [2.75, 3.05) is 13.1 Å². The van der Waals surface area contributed by atoms with Gasteiger partial charge in [0, 0.05) is 13.1 Å². The first kappa shape index (κ1) is 15.6. The number of hydrogen-bond donors (Lipinski definition) is 1. The molecule has 1 fully saturated rings. The van der Waals surface area contributed by atoms with Gasteiger partial charge in [0.05, 0.1) is 6.10 Å². The predicted octanol–water partition coefficient (Wildman–Crippen LogP) is 4.59. The molecule has 0 saturated carbocycles. The Morgan fingerprint density at radius 3 is 2.21 bits per heavy atom. The van der Waals surface area contributed by atoms with E-state index in [1.807, 2.05) is 0 Å². The lowest BCUT2D eigenvalue weighted by molar-refractivity contribution is 0.0175. The fourth-order valence-corrected chi connectivity index (χ4v) is 4.17. The van der Waals surface area contributed by atoms with Crippen LogP contribution in [0.1, 0.15) is 25.3 Å². The molecule has 24 heavy (non-hydrogen) atoms. The molecule has 0 aliphatic carbocycles. The third-order valence-corrected chi connectivity index (χ3v) is 5.59. The van der Waals surface area contributed by atoms with Crippen LogP contribution in [-0.2, 0) is 6.54 Å². The number of β-amino-alcohol motifs (C(OH)–C–C–N with tert-alkyl or cyclic N) is 1. The summed E-state index contributed by atoms with van der Waals surface area (Å²) < 4.78 is 0. The summed E-state index contributed by atoms with van der Waals surface area (Å²) in [6.45, 7) is 4.96. The Morgan fingerprint density at radius 2 is 1.62 bits per heavy atom. The van der Waals surface area contributed by atoms with Crippen molar-refractivity contribution in [3.8, 4) is 0 Å². The lowest BCUT2D eigenvalue weighted by atomic mass is 9.90. The normalized spacial score (nSPS) is 22.2. The van der Waals surface area contributed by atoms with Crippen LogP contribution in [0.15, 0.2) is 54.6 Å². The van der Waals surface area contributed by atoms with Crippen molar-refractivity contribution >= 4 is 21.5 Å². The molecular weight excluding hydrogens is 294 g/mol. The third-order valence-electron chi connectivity index (χ3n) is 5.59. The third kappa shape index (κ3) is 2.81. The van der Waals surface area contributed by atoms with Crippen molar-refractivity contribution in [3.05, 3.63) is 60.2 Å². The van der Waals surface area contributed by atoms with Gasteiger partial charge in [0.1, 0.15) is 0 Å². The summed E-state index contributed by atoms with van der Waals surface area (Å²) in [5.74, 6) is 0.463. The van der Waals surface area contributed by atoms with Gasteiger partial charge in [0.2, 0.25) is 0 Å². The van der Waals surface area contributed by atoms with Crippen LogP contribution in [0, 0.1) is 5.92 Å². The van der Waals surface area contributed by atoms with Crippen molar-refractivity contribution in [1.29, 1.82) is 0 Å². The van der Waals surface area contributed by atoms with Crippen molar-refractivity contribution in [2.24, 2.45) is 5.92 Å². The van der Waals surface area contributed by atoms with Crippen molar-refractivity contribution in [3.63, 3.8) is 0 Å². The highest BCUT2D eigenvalue weighted by Crippen LogP contribution is 2.31. The molecule has 0 bridgehead atoms. The highest BCUT2D eigenvalue weighted by molar-refractivity contribution is 6.02. The number of piperidine rings is 1. The van der Waals surface area contributed by atoms with E-state index < -0.39 is 0 Å². The van der Waals surface area contributed by atoms with Crippen LogP contribution in [0.2, 0.25) is 0 Å². The maximum absolute atomic E-state index is 10.4. The summed E-state index contributed by atoms with van der Waals surface area (Å²) in [6, 6.07) is 19.6. The van der Waals surface area contributed by atoms with Crippen LogP contribution in [-0.4, -0.2) is 29.2 Å². The van der Waals surface area contributed by atoms with Crippen LogP contribution in [0.3, 0.4) is 0 Å². The molecule has 4 rings (SSSR count). The zero-order valence-corrected chi connectivity index (χ0v) is 14.3. The van der Waals surface area contributed by atoms with Gasteiger partial charge >= 0.3 is 0 Å². The van der Waals surface area contributed by atoms with Crippen LogP contribution in [0.4, 0.5) is 0 Å². The number of fused-ring (bicyclic) bond motifs is 2. The summed E-state index contributed by atoms with van der Waals surface area (Å²) in [7, 11) is 0. The summed E-state index contributed by atoms with van der Waals surface area (Å²) in [6.07, 6.45) is 1.98. The number of nitrogens with zero attached hydrogens (tertiary/aromatic N) is 1. The zero-order chi connectivity index (χ0) is 16.5. The van der Waals surface area contributed by atoms with Gasteiger partial charge in [-0.05, 0) is 52.1 Å². The van der Waals surface area contributed by atoms with Gasteiger partial charge in [0.15, 0.2) is 0 Å². The van der Waals surface area contributed by atoms with Crippen LogP contribution < -0.4 is 0 Å². The number of aliphatic hydroxyl groups is 1. The maximum atomic E-state index is 10.4. The average molecular weight is 319 g/mol. The fraction of sp³-hybridized carbons (Fsp3) is 0.364. The average Bonchev–Trinajstić information content (AvgIpc) is 2.62. The molecule has 2 heteroatoms. The lowest BCUT2D eigenvalue weighted by Crippen LogP contribution is -2.43. The highest BCUT2D eigenvalue weighted by Gasteiger charge is 2.26. The van der Waals surface area contributed by atoms with E-state index in [1.165, 1.54) is 27.1 Å². The first-order valence-corrected chi connectivity index (χ1v) is 9.06.